The van der Waals surface area contributed by atoms with E-state index in [-0.39, 0.29) is 0 Å². The zero-order valence-electron chi connectivity index (χ0n) is 27.4. The van der Waals surface area contributed by atoms with Gasteiger partial charge in [-0.3, -0.25) is 0 Å². The molecule has 0 fully saturated rings. The van der Waals surface area contributed by atoms with Gasteiger partial charge in [0.15, 0.2) is 0 Å². The first kappa shape index (κ1) is 27.0. The van der Waals surface area contributed by atoms with Crippen LogP contribution in [0, 0.1) is 83.1 Å². The van der Waals surface area contributed by atoms with Gasteiger partial charge in [-0.05, 0) is 195 Å². The quantitative estimate of drug-likeness (QED) is 0.187. The summed E-state index contributed by atoms with van der Waals surface area (Å²) in [7, 11) is 0. The predicted octanol–water partition coefficient (Wildman–Crippen LogP) is 11.1. The van der Waals surface area contributed by atoms with Crippen LogP contribution in [0.4, 0.5) is 0 Å². The van der Waals surface area contributed by atoms with Crippen LogP contribution in [0.25, 0.3) is 39.3 Å². The highest BCUT2D eigenvalue weighted by Crippen LogP contribution is 2.62. The molecule has 0 saturated heterocycles. The van der Waals surface area contributed by atoms with Crippen LogP contribution in [0.15, 0.2) is 35.0 Å². The lowest BCUT2D eigenvalue weighted by Crippen LogP contribution is -2.30. The molecular formula is C41H42O. The van der Waals surface area contributed by atoms with Crippen molar-refractivity contribution in [2.24, 2.45) is 0 Å². The molecule has 0 atom stereocenters. The average molecular weight is 551 g/mol. The van der Waals surface area contributed by atoms with Gasteiger partial charge in [-0.25, -0.2) is 0 Å². The van der Waals surface area contributed by atoms with E-state index < -0.39 is 5.41 Å². The van der Waals surface area contributed by atoms with E-state index in [2.05, 4.69) is 113 Å². The standard InChI is InChI=1S/C41H42O/c1-19-20(2)26(8)34-33(25(19)7)35-27(9)21(3)23(5)29(11)37(35)41(38-30(12)24(6)22(4)28(10)36(34)38)17-15-31-13-14-32-16-18-42-40(32)39(31)41/h13-18H,1-12H3. The van der Waals surface area contributed by atoms with Crippen molar-refractivity contribution in [3.8, 4) is 22.3 Å². The molecule has 1 heteroatoms. The van der Waals surface area contributed by atoms with E-state index in [1.807, 2.05) is 6.26 Å². The Kier molecular flexibility index (Phi) is 5.53. The Hall–Kier alpha value is -3.84. The largest absolute Gasteiger partial charge is 0.464 e. The van der Waals surface area contributed by atoms with Crippen LogP contribution in [-0.4, -0.2) is 0 Å². The van der Waals surface area contributed by atoms with Crippen molar-refractivity contribution in [2.75, 3.05) is 0 Å². The van der Waals surface area contributed by atoms with E-state index in [4.69, 9.17) is 4.42 Å². The molecule has 212 valence electrons. The topological polar surface area (TPSA) is 13.1 Å². The minimum Gasteiger partial charge on any atom is -0.464 e. The lowest BCUT2D eigenvalue weighted by atomic mass is 9.63. The molecule has 2 aliphatic rings. The van der Waals surface area contributed by atoms with Crippen molar-refractivity contribution in [2.45, 2.75) is 88.5 Å². The third-order valence-electron chi connectivity index (χ3n) is 11.9. The SMILES string of the molecule is Cc1c(C)c(C)c2c(c1C)-c1c(C)c(C)c(C)c(C)c1C1(C=Cc3ccc4ccoc4c31)c1c(C)c(C)c(C)c(C)c1-2. The van der Waals surface area contributed by atoms with Gasteiger partial charge in [0.25, 0.3) is 0 Å². The second kappa shape index (κ2) is 8.60. The molecule has 0 bridgehead atoms. The monoisotopic (exact) mass is 550 g/mol. The molecule has 1 nitrogen and oxygen atoms in total. The fourth-order valence-corrected chi connectivity index (χ4v) is 8.61. The summed E-state index contributed by atoms with van der Waals surface area (Å²) in [6, 6.07) is 6.63. The summed E-state index contributed by atoms with van der Waals surface area (Å²) in [6.07, 6.45) is 6.75. The summed E-state index contributed by atoms with van der Waals surface area (Å²) in [5.41, 5.74) is 28.3. The Morgan fingerprint density at radius 3 is 1.33 bits per heavy atom. The van der Waals surface area contributed by atoms with Crippen LogP contribution in [-0.2, 0) is 5.41 Å². The zero-order valence-corrected chi connectivity index (χ0v) is 27.4. The molecular weight excluding hydrogens is 508 g/mol. The Morgan fingerprint density at radius 1 is 0.429 bits per heavy atom. The highest BCUT2D eigenvalue weighted by atomic mass is 16.3. The number of fused-ring (bicyclic) bond motifs is 11. The first-order chi connectivity index (χ1) is 19.9. The summed E-state index contributed by atoms with van der Waals surface area (Å²) >= 11 is 0. The summed E-state index contributed by atoms with van der Waals surface area (Å²) < 4.78 is 6.43. The van der Waals surface area contributed by atoms with E-state index in [1.165, 1.54) is 111 Å². The summed E-state index contributed by atoms with van der Waals surface area (Å²) in [5, 5.41) is 1.16. The fraction of sp³-hybridized carbons (Fsp3) is 0.317. The normalized spacial score (nSPS) is 14.3. The Bertz CT molecular complexity index is 1990. The first-order valence-corrected chi connectivity index (χ1v) is 15.4. The van der Waals surface area contributed by atoms with Crippen molar-refractivity contribution in [3.05, 3.63) is 120 Å². The van der Waals surface area contributed by atoms with E-state index in [0.717, 1.165) is 11.0 Å². The van der Waals surface area contributed by atoms with Gasteiger partial charge in [0.2, 0.25) is 0 Å². The molecule has 1 heterocycles. The van der Waals surface area contributed by atoms with Crippen molar-refractivity contribution in [1.82, 2.24) is 0 Å². The molecule has 1 spiro atoms. The second-order valence-corrected chi connectivity index (χ2v) is 13.3. The van der Waals surface area contributed by atoms with Crippen molar-refractivity contribution >= 4 is 17.0 Å². The highest BCUT2D eigenvalue weighted by Gasteiger charge is 2.49. The van der Waals surface area contributed by atoms with E-state index in [1.54, 1.807) is 0 Å². The van der Waals surface area contributed by atoms with E-state index in [9.17, 15) is 0 Å². The van der Waals surface area contributed by atoms with Crippen LogP contribution in [0.1, 0.15) is 89.0 Å². The van der Waals surface area contributed by atoms with Crippen LogP contribution in [0.5, 0.6) is 0 Å². The Morgan fingerprint density at radius 2 is 0.857 bits per heavy atom. The van der Waals surface area contributed by atoms with Gasteiger partial charge >= 0.3 is 0 Å². The second-order valence-electron chi connectivity index (χ2n) is 13.3. The lowest BCUT2D eigenvalue weighted by Gasteiger charge is -2.38. The maximum absolute atomic E-state index is 6.43. The maximum Gasteiger partial charge on any atom is 0.139 e. The number of benzene rings is 4. The molecule has 0 amide bonds. The van der Waals surface area contributed by atoms with Gasteiger partial charge in [-0.2, -0.15) is 0 Å². The molecule has 5 aromatic rings. The van der Waals surface area contributed by atoms with Gasteiger partial charge in [-0.1, -0.05) is 24.3 Å². The van der Waals surface area contributed by atoms with Gasteiger partial charge in [0.1, 0.15) is 5.58 Å². The van der Waals surface area contributed by atoms with Crippen molar-refractivity contribution in [1.29, 1.82) is 0 Å². The van der Waals surface area contributed by atoms with Crippen LogP contribution < -0.4 is 0 Å². The number of allylic oxidation sites excluding steroid dienone is 1. The van der Waals surface area contributed by atoms with Crippen molar-refractivity contribution in [3.63, 3.8) is 0 Å². The smallest absolute Gasteiger partial charge is 0.139 e. The third kappa shape index (κ3) is 2.95. The molecule has 4 aromatic carbocycles. The molecule has 0 radical (unpaired) electrons. The molecule has 2 aliphatic carbocycles. The number of hydrogen-bond donors (Lipinski definition) is 0. The lowest BCUT2D eigenvalue weighted by molar-refractivity contribution is 0.604. The molecule has 0 N–H and O–H groups in total. The van der Waals surface area contributed by atoms with E-state index >= 15 is 0 Å². The van der Waals surface area contributed by atoms with Crippen LogP contribution >= 0.6 is 0 Å². The minimum atomic E-state index is -0.488. The van der Waals surface area contributed by atoms with Gasteiger partial charge in [-0.15, -0.1) is 0 Å². The Labute approximate surface area is 251 Å². The summed E-state index contributed by atoms with van der Waals surface area (Å²) in [4.78, 5) is 0. The average Bonchev–Trinajstić information content (AvgIpc) is 3.58. The minimum absolute atomic E-state index is 0.488. The van der Waals surface area contributed by atoms with Gasteiger partial charge < -0.3 is 4.42 Å². The fourth-order valence-electron chi connectivity index (χ4n) is 8.61. The number of furan rings is 1. The summed E-state index contributed by atoms with van der Waals surface area (Å²) in [6.45, 7) is 28.1. The highest BCUT2D eigenvalue weighted by molar-refractivity contribution is 6.03. The molecule has 7 rings (SSSR count). The molecule has 42 heavy (non-hydrogen) atoms. The molecule has 0 unspecified atom stereocenters. The molecule has 1 aromatic heterocycles. The Balaban J connectivity index is 1.91. The number of rotatable bonds is 0. The third-order valence-corrected chi connectivity index (χ3v) is 11.9. The van der Waals surface area contributed by atoms with Crippen LogP contribution in [0.2, 0.25) is 0 Å². The van der Waals surface area contributed by atoms with Gasteiger partial charge in [0.05, 0.1) is 11.7 Å². The predicted molar refractivity (Wildman–Crippen MR) is 179 cm³/mol. The van der Waals surface area contributed by atoms with E-state index in [0.29, 0.717) is 0 Å². The van der Waals surface area contributed by atoms with Crippen molar-refractivity contribution < 1.29 is 4.42 Å². The van der Waals surface area contributed by atoms with Gasteiger partial charge in [0, 0.05) is 10.9 Å². The zero-order chi connectivity index (χ0) is 30.2. The van der Waals surface area contributed by atoms with Crippen LogP contribution in [0.3, 0.4) is 0 Å². The number of hydrogen-bond acceptors (Lipinski definition) is 1. The molecule has 0 saturated carbocycles. The maximum atomic E-state index is 6.43. The first-order valence-electron chi connectivity index (χ1n) is 15.4. The molecule has 0 aliphatic heterocycles. The summed E-state index contributed by atoms with van der Waals surface area (Å²) in [5.74, 6) is 0.